The van der Waals surface area contributed by atoms with Gasteiger partial charge in [-0.1, -0.05) is 127 Å². The van der Waals surface area contributed by atoms with Gasteiger partial charge in [-0.15, -0.1) is 0 Å². The van der Waals surface area contributed by atoms with Gasteiger partial charge >= 0.3 is 0 Å². The predicted octanol–water partition coefficient (Wildman–Crippen LogP) is 17.9. The molecule has 0 aliphatic carbocycles. The summed E-state index contributed by atoms with van der Waals surface area (Å²) in [4.78, 5) is 30.4. The molecule has 0 N–H and O–H groups in total. The molecule has 0 saturated heterocycles. The van der Waals surface area contributed by atoms with Crippen LogP contribution in [0.2, 0.25) is 0 Å². The fraction of sp³-hybridized carbons (Fsp3) is 0. The summed E-state index contributed by atoms with van der Waals surface area (Å²) in [6.07, 6.45) is 0. The van der Waals surface area contributed by atoms with Gasteiger partial charge in [0.2, 0.25) is 0 Å². The number of aromatic nitrogens is 5. The van der Waals surface area contributed by atoms with Crippen molar-refractivity contribution in [2.75, 3.05) is 0 Å². The molecule has 0 aliphatic rings. The quantitative estimate of drug-likeness (QED) is 0.139. The van der Waals surface area contributed by atoms with Crippen LogP contribution in [0.3, 0.4) is 0 Å². The van der Waals surface area contributed by atoms with Gasteiger partial charge in [-0.05, 0) is 101 Å². The number of nitriles is 3. The zero-order valence-electron chi connectivity index (χ0n) is 43.0. The molecule has 13 aromatic rings. The van der Waals surface area contributed by atoms with Gasteiger partial charge in [-0.2, -0.15) is 15.8 Å². The second-order valence-electron chi connectivity index (χ2n) is 19.2. The smallest absolute Gasteiger partial charge is 0.189 e. The molecule has 0 saturated carbocycles. The summed E-state index contributed by atoms with van der Waals surface area (Å²) in [7, 11) is 0. The second kappa shape index (κ2) is 20.0. The van der Waals surface area contributed by atoms with Crippen molar-refractivity contribution >= 4 is 66.4 Å². The summed E-state index contributed by atoms with van der Waals surface area (Å²) in [5, 5.41) is 34.1. The van der Waals surface area contributed by atoms with Crippen LogP contribution in [-0.2, 0) is 0 Å². The van der Waals surface area contributed by atoms with E-state index in [1.54, 1.807) is 0 Å². The molecule has 0 radical (unpaired) electrons. The predicted molar refractivity (Wildman–Crippen MR) is 320 cm³/mol. The molecule has 3 heterocycles. The first-order valence-electron chi connectivity index (χ1n) is 25.6. The maximum absolute atomic E-state index is 10.4. The summed E-state index contributed by atoms with van der Waals surface area (Å²) in [5.41, 5.74) is 12.5. The Morgan fingerprint density at radius 2 is 0.817 bits per heavy atom. The number of nitrogens with zero attached hydrogens (tertiary/aromatic N) is 12. The first kappa shape index (κ1) is 48.9. The Balaban J connectivity index is 1.10. The Labute approximate surface area is 469 Å². The van der Waals surface area contributed by atoms with Crippen molar-refractivity contribution in [3.8, 4) is 97.1 Å². The average molecular weight is 1040 g/mol. The highest BCUT2D eigenvalue weighted by atomic mass is 15.0. The lowest BCUT2D eigenvalue weighted by Crippen LogP contribution is -2.04. The zero-order valence-corrected chi connectivity index (χ0v) is 43.0. The molecule has 12 heteroatoms. The van der Waals surface area contributed by atoms with E-state index in [-0.39, 0.29) is 33.8 Å². The number of hydrogen-bond acceptors (Lipinski definition) is 6. The number of rotatable bonds is 8. The van der Waals surface area contributed by atoms with E-state index in [2.05, 4.69) is 58.9 Å². The highest BCUT2D eigenvalue weighted by Crippen LogP contribution is 2.47. The molecule has 0 amide bonds. The minimum absolute atomic E-state index is 0.202. The fourth-order valence-electron chi connectivity index (χ4n) is 11.1. The van der Waals surface area contributed by atoms with E-state index in [4.69, 9.17) is 41.2 Å². The van der Waals surface area contributed by atoms with Gasteiger partial charge in [0.15, 0.2) is 40.2 Å². The summed E-state index contributed by atoms with van der Waals surface area (Å²) in [6.45, 7) is 32.2. The van der Waals surface area contributed by atoms with E-state index in [0.29, 0.717) is 51.0 Å². The first-order valence-corrected chi connectivity index (χ1v) is 25.6. The van der Waals surface area contributed by atoms with Crippen LogP contribution in [-0.4, -0.2) is 24.1 Å². The van der Waals surface area contributed by atoms with E-state index in [1.807, 2.05) is 170 Å². The topological polar surface area (TPSA) is 137 Å². The van der Waals surface area contributed by atoms with E-state index >= 15 is 0 Å². The Morgan fingerprint density at radius 1 is 0.341 bits per heavy atom. The summed E-state index contributed by atoms with van der Waals surface area (Å²) in [5.74, 6) is 1.42. The highest BCUT2D eigenvalue weighted by molar-refractivity contribution is 6.13. The number of fused-ring (bicyclic) bond motifs is 6. The van der Waals surface area contributed by atoms with Crippen molar-refractivity contribution in [2.45, 2.75) is 0 Å². The number of hydrogen-bond donors (Lipinski definition) is 0. The van der Waals surface area contributed by atoms with Gasteiger partial charge in [0, 0.05) is 54.9 Å². The molecule has 0 fully saturated rings. The molecule has 0 aliphatic heterocycles. The minimum atomic E-state index is 0.202. The third-order valence-electron chi connectivity index (χ3n) is 14.7. The molecule has 0 bridgehead atoms. The van der Waals surface area contributed by atoms with Gasteiger partial charge in [-0.3, -0.25) is 0 Å². The second-order valence-corrected chi connectivity index (χ2v) is 19.2. The van der Waals surface area contributed by atoms with Crippen molar-refractivity contribution in [3.05, 3.63) is 269 Å². The Hall–Kier alpha value is -12.8. The lowest BCUT2D eigenvalue weighted by atomic mass is 9.93. The average Bonchev–Trinajstić information content (AvgIpc) is 4.23. The summed E-state index contributed by atoms with van der Waals surface area (Å²) in [6, 6.07) is 71.9. The molecule has 0 spiro atoms. The normalized spacial score (nSPS) is 10.8. The third kappa shape index (κ3) is 8.07. The molecule has 0 atom stereocenters. The first-order chi connectivity index (χ1) is 40.3. The van der Waals surface area contributed by atoms with E-state index in [1.165, 1.54) is 24.3 Å². The largest absolute Gasteiger partial charge is 0.309 e. The standard InChI is InChI=1S/C70H34N12/c1-74-50-26-30-64(81-60-21-13-11-19-52(60)56-36-46(25-29-62(56)81)67-58(76-3)31-42(39-71)32-59(67)77-4)57(38-50)54-27-23-47(70-79-68(43-15-7-5-8-16-43)78-69(80-70)44-17-9-6-10-18-44)37-65(54)82-61-22-14-12-20-53(61)55-35-45(24-28-63(55)82)66-48(40-72)33-51(75-2)34-49(66)41-73/h5-38H. The lowest BCUT2D eigenvalue weighted by molar-refractivity contribution is 1.07. The maximum atomic E-state index is 10.4. The van der Waals surface area contributed by atoms with Crippen molar-refractivity contribution < 1.29 is 0 Å². The van der Waals surface area contributed by atoms with Gasteiger partial charge in [-0.25, -0.2) is 34.3 Å². The van der Waals surface area contributed by atoms with Crippen LogP contribution in [0.1, 0.15) is 16.7 Å². The van der Waals surface area contributed by atoms with Gasteiger partial charge in [0.05, 0.1) is 89.1 Å². The van der Waals surface area contributed by atoms with Crippen LogP contribution in [0.5, 0.6) is 0 Å². The van der Waals surface area contributed by atoms with Crippen molar-refractivity contribution in [1.82, 2.24) is 24.1 Å². The molecule has 374 valence electrons. The molecule has 12 nitrogen and oxygen atoms in total. The fourth-order valence-corrected chi connectivity index (χ4v) is 11.1. The zero-order chi connectivity index (χ0) is 56.0. The van der Waals surface area contributed by atoms with Crippen molar-refractivity contribution in [3.63, 3.8) is 0 Å². The third-order valence-corrected chi connectivity index (χ3v) is 14.7. The molecule has 3 aromatic heterocycles. The molecule has 82 heavy (non-hydrogen) atoms. The summed E-state index contributed by atoms with van der Waals surface area (Å²) >= 11 is 0. The highest BCUT2D eigenvalue weighted by Gasteiger charge is 2.25. The van der Waals surface area contributed by atoms with Crippen molar-refractivity contribution in [1.29, 1.82) is 15.8 Å². The summed E-state index contributed by atoms with van der Waals surface area (Å²) < 4.78 is 4.37. The van der Waals surface area contributed by atoms with Crippen molar-refractivity contribution in [2.24, 2.45) is 0 Å². The van der Waals surface area contributed by atoms with Crippen LogP contribution in [0.25, 0.3) is 142 Å². The van der Waals surface area contributed by atoms with E-state index in [9.17, 15) is 15.8 Å². The van der Waals surface area contributed by atoms with Crippen LogP contribution in [0.15, 0.2) is 206 Å². The monoisotopic (exact) mass is 1040 g/mol. The maximum Gasteiger partial charge on any atom is 0.189 e. The Kier molecular flexibility index (Phi) is 11.9. The van der Waals surface area contributed by atoms with Gasteiger partial charge in [0.25, 0.3) is 0 Å². The molecule has 0 unspecified atom stereocenters. The number of para-hydroxylation sites is 2. The minimum Gasteiger partial charge on any atom is -0.309 e. The van der Waals surface area contributed by atoms with E-state index in [0.717, 1.165) is 77.2 Å². The lowest BCUT2D eigenvalue weighted by Gasteiger charge is -2.20. The SMILES string of the molecule is [C-]#[N+]c1cc(C#N)c(-c2ccc3c(c2)c2ccccc2n3-c2cc(-c3nc(-c4ccccc4)nc(-c4ccccc4)n3)ccc2-c2cc([N+]#[C-])ccc2-n2c3ccccc3c3cc(-c4c([N+]#[C-])cc(C#N)cc4[N+]#[C-])ccc32)c(C#N)c1. The van der Waals surface area contributed by atoms with Crippen LogP contribution in [0.4, 0.5) is 22.7 Å². The van der Waals surface area contributed by atoms with Crippen LogP contribution >= 0.6 is 0 Å². The molecular formula is C70H34N12. The Bertz CT molecular complexity index is 5070. The molecule has 13 rings (SSSR count). The van der Waals surface area contributed by atoms with Gasteiger partial charge in [0.1, 0.15) is 0 Å². The number of benzene rings is 10. The molecule has 10 aromatic carbocycles. The van der Waals surface area contributed by atoms with Crippen LogP contribution in [0, 0.1) is 60.3 Å². The molecular weight excluding hydrogens is 1010 g/mol. The van der Waals surface area contributed by atoms with E-state index < -0.39 is 0 Å². The van der Waals surface area contributed by atoms with Crippen LogP contribution < -0.4 is 0 Å². The van der Waals surface area contributed by atoms with Gasteiger partial charge < -0.3 is 9.13 Å². The Morgan fingerprint density at radius 3 is 1.33 bits per heavy atom.